The molecule has 0 aromatic heterocycles. The van der Waals surface area contributed by atoms with Gasteiger partial charge in [-0.05, 0) is 99.7 Å². The highest BCUT2D eigenvalue weighted by Gasteiger charge is 2.54. The van der Waals surface area contributed by atoms with Crippen molar-refractivity contribution < 1.29 is 4.74 Å². The van der Waals surface area contributed by atoms with E-state index in [4.69, 9.17) is 4.74 Å². The van der Waals surface area contributed by atoms with Gasteiger partial charge in [-0.15, -0.1) is 0 Å². The van der Waals surface area contributed by atoms with E-state index in [2.05, 4.69) is 103 Å². The van der Waals surface area contributed by atoms with E-state index < -0.39 is 8.24 Å². The Labute approximate surface area is 198 Å². The van der Waals surface area contributed by atoms with Gasteiger partial charge in [-0.3, -0.25) is 0 Å². The van der Waals surface area contributed by atoms with Gasteiger partial charge < -0.3 is 9.30 Å². The molecule has 0 aliphatic heterocycles. The van der Waals surface area contributed by atoms with Crippen LogP contribution in [0.1, 0.15) is 79.4 Å². The van der Waals surface area contributed by atoms with Gasteiger partial charge in [-0.25, -0.2) is 0 Å². The zero-order valence-corrected chi connectivity index (χ0v) is 23.4. The molecule has 3 unspecified atom stereocenters. The lowest BCUT2D eigenvalue weighted by Gasteiger charge is -2.57. The van der Waals surface area contributed by atoms with Gasteiger partial charge in [-0.2, -0.15) is 0 Å². The lowest BCUT2D eigenvalue weighted by molar-refractivity contribution is 0.122. The second kappa shape index (κ2) is 7.34. The number of fused-ring (bicyclic) bond motifs is 4. The first-order valence-electron chi connectivity index (χ1n) is 12.5. The van der Waals surface area contributed by atoms with Gasteiger partial charge in [0.1, 0.15) is 14.0 Å². The van der Waals surface area contributed by atoms with Crippen LogP contribution in [0, 0.1) is 11.8 Å². The van der Waals surface area contributed by atoms with Crippen molar-refractivity contribution in [3.8, 4) is 5.75 Å². The van der Waals surface area contributed by atoms with Crippen LogP contribution >= 0.6 is 0 Å². The normalized spacial score (nSPS) is 26.9. The van der Waals surface area contributed by atoms with Crippen molar-refractivity contribution in [2.45, 2.75) is 103 Å². The van der Waals surface area contributed by atoms with E-state index in [1.807, 2.05) is 0 Å². The van der Waals surface area contributed by atoms with Gasteiger partial charge in [0, 0.05) is 16.5 Å². The van der Waals surface area contributed by atoms with Crippen LogP contribution in [0.3, 0.4) is 0 Å². The molecule has 3 aliphatic carbocycles. The second-order valence-electron chi connectivity index (χ2n) is 13.5. The number of hydrogen-bond acceptors (Lipinski definition) is 2. The van der Waals surface area contributed by atoms with E-state index in [1.54, 1.807) is 12.7 Å². The molecule has 0 heterocycles. The first kappa shape index (κ1) is 23.8. The third kappa shape index (κ3) is 3.55. The van der Waals surface area contributed by atoms with E-state index >= 15 is 0 Å². The third-order valence-electron chi connectivity index (χ3n) is 8.49. The minimum atomic E-state index is -1.73. The van der Waals surface area contributed by atoms with Gasteiger partial charge in [0.2, 0.25) is 0 Å². The Bertz CT molecular complexity index is 956. The van der Waals surface area contributed by atoms with Crippen LogP contribution in [-0.4, -0.2) is 31.0 Å². The molecular formula is C29H45NOSi. The molecule has 0 saturated heterocycles. The molecule has 32 heavy (non-hydrogen) atoms. The molecular weight excluding hydrogens is 406 g/mol. The van der Waals surface area contributed by atoms with Crippen molar-refractivity contribution >= 4 is 13.8 Å². The maximum Gasteiger partial charge on any atom is 0.126 e. The Morgan fingerprint density at radius 1 is 0.969 bits per heavy atom. The monoisotopic (exact) mass is 451 g/mol. The third-order valence-corrected chi connectivity index (χ3v) is 13.5. The van der Waals surface area contributed by atoms with Gasteiger partial charge in [0.25, 0.3) is 0 Å². The summed E-state index contributed by atoms with van der Waals surface area (Å²) < 4.78 is 8.50. The Balaban J connectivity index is 1.78. The standard InChI is InChI=1S/C29H45NOSi/c1-27(2,3)30(28(4,5)6)32(10,11)26-15-12-19-16-24-23(18-22(19)26)21-14-13-20(31-9)17-25(21)29(24,7)8/h13-14,16-19,22,26H,12,15H2,1-11H3. The minimum absolute atomic E-state index is 0.0502. The second-order valence-corrected chi connectivity index (χ2v) is 17.9. The Kier molecular flexibility index (Phi) is 5.46. The average molecular weight is 452 g/mol. The maximum atomic E-state index is 5.57. The highest BCUT2D eigenvalue weighted by Crippen LogP contribution is 2.59. The van der Waals surface area contributed by atoms with Crippen LogP contribution < -0.4 is 4.74 Å². The fraction of sp³-hybridized carbons (Fsp3) is 0.655. The highest BCUT2D eigenvalue weighted by atomic mass is 28.3. The SMILES string of the molecule is COc1ccc2c(c1)C(C)(C)C1=CC3CCC([Si](C)(C)N(C(C)(C)C)C(C)(C)C)C3C=C12. The molecule has 1 fully saturated rings. The van der Waals surface area contributed by atoms with Gasteiger partial charge in [0.15, 0.2) is 0 Å². The molecule has 3 aliphatic rings. The quantitative estimate of drug-likeness (QED) is 0.434. The molecule has 4 rings (SSSR count). The highest BCUT2D eigenvalue weighted by molar-refractivity contribution is 6.76. The van der Waals surface area contributed by atoms with Gasteiger partial charge in [-0.1, -0.05) is 51.6 Å². The summed E-state index contributed by atoms with van der Waals surface area (Å²) in [7, 11) is 0.0457. The van der Waals surface area contributed by atoms with Crippen LogP contribution in [-0.2, 0) is 5.41 Å². The number of nitrogens with zero attached hydrogens (tertiary/aromatic N) is 1. The average Bonchev–Trinajstić information content (AvgIpc) is 3.15. The summed E-state index contributed by atoms with van der Waals surface area (Å²) in [5.74, 6) is 2.31. The first-order valence-corrected chi connectivity index (χ1v) is 15.6. The molecule has 0 spiro atoms. The van der Waals surface area contributed by atoms with Crippen molar-refractivity contribution in [3.05, 3.63) is 47.1 Å². The van der Waals surface area contributed by atoms with Crippen LogP contribution in [0.25, 0.3) is 5.57 Å². The predicted octanol–water partition coefficient (Wildman–Crippen LogP) is 7.81. The van der Waals surface area contributed by atoms with E-state index in [1.165, 1.54) is 29.5 Å². The summed E-state index contributed by atoms with van der Waals surface area (Å²) in [6, 6.07) is 6.70. The van der Waals surface area contributed by atoms with Gasteiger partial charge >= 0.3 is 0 Å². The van der Waals surface area contributed by atoms with Crippen LogP contribution in [0.2, 0.25) is 18.6 Å². The molecule has 3 atom stereocenters. The number of benzene rings is 1. The van der Waals surface area contributed by atoms with E-state index in [-0.39, 0.29) is 16.5 Å². The Morgan fingerprint density at radius 3 is 2.16 bits per heavy atom. The van der Waals surface area contributed by atoms with Crippen molar-refractivity contribution in [1.29, 1.82) is 0 Å². The zero-order valence-electron chi connectivity index (χ0n) is 22.4. The van der Waals surface area contributed by atoms with E-state index in [0.29, 0.717) is 11.8 Å². The fourth-order valence-electron chi connectivity index (χ4n) is 8.13. The molecule has 2 nitrogen and oxygen atoms in total. The van der Waals surface area contributed by atoms with E-state index in [0.717, 1.165) is 11.3 Å². The smallest absolute Gasteiger partial charge is 0.126 e. The number of hydrogen-bond donors (Lipinski definition) is 0. The molecule has 3 heteroatoms. The Morgan fingerprint density at radius 2 is 1.59 bits per heavy atom. The topological polar surface area (TPSA) is 12.5 Å². The zero-order chi connectivity index (χ0) is 23.9. The summed E-state index contributed by atoms with van der Waals surface area (Å²) in [6.07, 6.45) is 8.07. The van der Waals surface area contributed by atoms with Crippen molar-refractivity contribution in [1.82, 2.24) is 4.57 Å². The molecule has 1 saturated carbocycles. The first-order chi connectivity index (χ1) is 14.6. The molecule has 1 aromatic rings. The van der Waals surface area contributed by atoms with Crippen molar-refractivity contribution in [3.63, 3.8) is 0 Å². The summed E-state index contributed by atoms with van der Waals surface area (Å²) >= 11 is 0. The lowest BCUT2D eigenvalue weighted by atomic mass is 9.76. The largest absolute Gasteiger partial charge is 0.497 e. The lowest BCUT2D eigenvalue weighted by Crippen LogP contribution is -2.67. The molecule has 0 N–H and O–H groups in total. The number of ether oxygens (including phenoxy) is 1. The number of methoxy groups -OCH3 is 1. The summed E-state index contributed by atoms with van der Waals surface area (Å²) in [5, 5.41) is 0. The maximum absolute atomic E-state index is 5.57. The van der Waals surface area contributed by atoms with Gasteiger partial charge in [0.05, 0.1) is 7.11 Å². The van der Waals surface area contributed by atoms with Crippen molar-refractivity contribution in [2.24, 2.45) is 11.8 Å². The molecule has 0 radical (unpaired) electrons. The molecule has 0 bridgehead atoms. The molecule has 1 aromatic carbocycles. The van der Waals surface area contributed by atoms with Crippen LogP contribution in [0.5, 0.6) is 5.75 Å². The number of rotatable bonds is 3. The summed E-state index contributed by atoms with van der Waals surface area (Å²) in [4.78, 5) is 0. The molecule has 0 amide bonds. The fourth-order valence-corrected chi connectivity index (χ4v) is 14.1. The predicted molar refractivity (Wildman–Crippen MR) is 141 cm³/mol. The van der Waals surface area contributed by atoms with Crippen LogP contribution in [0.4, 0.5) is 0 Å². The summed E-state index contributed by atoms with van der Waals surface area (Å²) in [6.45, 7) is 24.6. The van der Waals surface area contributed by atoms with E-state index in [9.17, 15) is 0 Å². The summed E-state index contributed by atoms with van der Waals surface area (Å²) in [5.41, 5.74) is 7.08. The molecule has 176 valence electrons. The van der Waals surface area contributed by atoms with Crippen LogP contribution in [0.15, 0.2) is 35.9 Å². The Hall–Kier alpha value is -1.32. The minimum Gasteiger partial charge on any atom is -0.497 e. The van der Waals surface area contributed by atoms with Crippen molar-refractivity contribution in [2.75, 3.05) is 7.11 Å². The number of allylic oxidation sites excluding steroid dienone is 4.